The van der Waals surface area contributed by atoms with E-state index in [-0.39, 0.29) is 18.9 Å². The Bertz CT molecular complexity index is 630. The van der Waals surface area contributed by atoms with Crippen LogP contribution in [-0.2, 0) is 13.2 Å². The average molecular weight is 338 g/mol. The van der Waals surface area contributed by atoms with Crippen molar-refractivity contribution in [3.8, 4) is 5.75 Å². The monoisotopic (exact) mass is 337 g/mol. The van der Waals surface area contributed by atoms with Gasteiger partial charge in [-0.2, -0.15) is 0 Å². The smallest absolute Gasteiger partial charge is 0.269 e. The van der Waals surface area contributed by atoms with Gasteiger partial charge in [-0.05, 0) is 23.8 Å². The Morgan fingerprint density at radius 1 is 1.25 bits per heavy atom. The van der Waals surface area contributed by atoms with Gasteiger partial charge in [0, 0.05) is 22.2 Å². The van der Waals surface area contributed by atoms with Gasteiger partial charge in [-0.1, -0.05) is 28.1 Å². The normalized spacial score (nSPS) is 10.3. The first kappa shape index (κ1) is 14.5. The van der Waals surface area contributed by atoms with Gasteiger partial charge in [-0.25, -0.2) is 0 Å². The zero-order valence-electron chi connectivity index (χ0n) is 10.5. The first-order chi connectivity index (χ1) is 9.60. The fourth-order valence-corrected chi connectivity index (χ4v) is 2.14. The minimum Gasteiger partial charge on any atom is -0.489 e. The Labute approximate surface area is 124 Å². The molecular weight excluding hydrogens is 326 g/mol. The maximum absolute atomic E-state index is 10.7. The third-order valence-corrected chi connectivity index (χ3v) is 3.20. The summed E-state index contributed by atoms with van der Waals surface area (Å²) in [5, 5.41) is 20.0. The van der Waals surface area contributed by atoms with Crippen molar-refractivity contribution in [2.24, 2.45) is 0 Å². The van der Waals surface area contributed by atoms with E-state index < -0.39 is 4.92 Å². The molecule has 0 fully saturated rings. The minimum absolute atomic E-state index is 0.0317. The molecule has 0 bridgehead atoms. The fourth-order valence-electron chi connectivity index (χ4n) is 1.73. The second kappa shape index (κ2) is 6.49. The molecule has 0 saturated carbocycles. The van der Waals surface area contributed by atoms with Crippen molar-refractivity contribution in [3.63, 3.8) is 0 Å². The van der Waals surface area contributed by atoms with Crippen LogP contribution in [0.2, 0.25) is 0 Å². The number of rotatable bonds is 5. The molecule has 0 radical (unpaired) electrons. The standard InChI is InChI=1S/C14H12BrNO4/c15-12-4-5-14(11(7-12)8-17)20-9-10-2-1-3-13(6-10)16(18)19/h1-7,17H,8-9H2. The third kappa shape index (κ3) is 3.55. The van der Waals surface area contributed by atoms with Gasteiger partial charge in [0.2, 0.25) is 0 Å². The van der Waals surface area contributed by atoms with Crippen LogP contribution in [0, 0.1) is 10.1 Å². The van der Waals surface area contributed by atoms with Crippen LogP contribution in [-0.4, -0.2) is 10.0 Å². The van der Waals surface area contributed by atoms with Crippen molar-refractivity contribution >= 4 is 21.6 Å². The number of nitrogens with zero attached hydrogens (tertiary/aromatic N) is 1. The molecule has 2 aromatic rings. The second-order valence-corrected chi connectivity index (χ2v) is 5.04. The van der Waals surface area contributed by atoms with Crippen LogP contribution in [0.4, 0.5) is 5.69 Å². The van der Waals surface area contributed by atoms with E-state index in [1.807, 2.05) is 6.07 Å². The molecule has 0 amide bonds. The highest BCUT2D eigenvalue weighted by molar-refractivity contribution is 9.10. The molecule has 5 nitrogen and oxygen atoms in total. The number of aliphatic hydroxyl groups excluding tert-OH is 1. The molecule has 0 heterocycles. The summed E-state index contributed by atoms with van der Waals surface area (Å²) in [6.45, 7) is 0.0695. The third-order valence-electron chi connectivity index (χ3n) is 2.71. The Hall–Kier alpha value is -1.92. The van der Waals surface area contributed by atoms with Crippen LogP contribution in [0.1, 0.15) is 11.1 Å². The summed E-state index contributed by atoms with van der Waals surface area (Å²) in [5.74, 6) is 0.558. The van der Waals surface area contributed by atoms with Crippen molar-refractivity contribution < 1.29 is 14.8 Å². The Morgan fingerprint density at radius 3 is 2.75 bits per heavy atom. The first-order valence-electron chi connectivity index (χ1n) is 5.85. The van der Waals surface area contributed by atoms with E-state index in [4.69, 9.17) is 4.74 Å². The zero-order chi connectivity index (χ0) is 14.5. The number of halogens is 1. The van der Waals surface area contributed by atoms with Gasteiger partial charge in [-0.3, -0.25) is 10.1 Å². The molecule has 0 aliphatic heterocycles. The molecule has 0 aromatic heterocycles. The molecule has 20 heavy (non-hydrogen) atoms. The molecule has 6 heteroatoms. The van der Waals surface area contributed by atoms with Crippen molar-refractivity contribution in [1.82, 2.24) is 0 Å². The Kier molecular flexibility index (Phi) is 4.70. The van der Waals surface area contributed by atoms with Gasteiger partial charge < -0.3 is 9.84 Å². The molecule has 0 atom stereocenters. The number of benzene rings is 2. The zero-order valence-corrected chi connectivity index (χ0v) is 12.0. The minimum atomic E-state index is -0.442. The lowest BCUT2D eigenvalue weighted by molar-refractivity contribution is -0.384. The number of nitro benzene ring substituents is 1. The van der Waals surface area contributed by atoms with E-state index in [1.165, 1.54) is 12.1 Å². The van der Waals surface area contributed by atoms with E-state index in [9.17, 15) is 15.2 Å². The Morgan fingerprint density at radius 2 is 2.05 bits per heavy atom. The summed E-state index contributed by atoms with van der Waals surface area (Å²) in [7, 11) is 0. The number of aliphatic hydroxyl groups is 1. The number of ether oxygens (including phenoxy) is 1. The summed E-state index contributed by atoms with van der Waals surface area (Å²) >= 11 is 3.32. The van der Waals surface area contributed by atoms with Crippen LogP contribution in [0.15, 0.2) is 46.9 Å². The van der Waals surface area contributed by atoms with Crippen LogP contribution < -0.4 is 4.74 Å². The van der Waals surface area contributed by atoms with Gasteiger partial charge in [0.25, 0.3) is 5.69 Å². The van der Waals surface area contributed by atoms with E-state index in [2.05, 4.69) is 15.9 Å². The molecule has 104 valence electrons. The van der Waals surface area contributed by atoms with Crippen LogP contribution in [0.3, 0.4) is 0 Å². The van der Waals surface area contributed by atoms with Crippen molar-refractivity contribution in [2.75, 3.05) is 0 Å². The van der Waals surface area contributed by atoms with Crippen LogP contribution >= 0.6 is 15.9 Å². The number of hydrogen-bond donors (Lipinski definition) is 1. The largest absolute Gasteiger partial charge is 0.489 e. The van der Waals surface area contributed by atoms with E-state index >= 15 is 0 Å². The molecular formula is C14H12BrNO4. The molecule has 0 aliphatic rings. The van der Waals surface area contributed by atoms with Gasteiger partial charge in [0.15, 0.2) is 0 Å². The molecule has 1 N–H and O–H groups in total. The van der Waals surface area contributed by atoms with Crippen molar-refractivity contribution in [1.29, 1.82) is 0 Å². The van der Waals surface area contributed by atoms with E-state index in [1.54, 1.807) is 24.3 Å². The molecule has 2 aromatic carbocycles. The molecule has 0 spiro atoms. The average Bonchev–Trinajstić information content (AvgIpc) is 2.46. The lowest BCUT2D eigenvalue weighted by Gasteiger charge is -2.10. The quantitative estimate of drug-likeness (QED) is 0.670. The van der Waals surface area contributed by atoms with Crippen LogP contribution in [0.5, 0.6) is 5.75 Å². The molecule has 0 unspecified atom stereocenters. The van der Waals surface area contributed by atoms with Gasteiger partial charge in [0.05, 0.1) is 11.5 Å². The molecule has 0 saturated heterocycles. The second-order valence-electron chi connectivity index (χ2n) is 4.13. The maximum atomic E-state index is 10.7. The first-order valence-corrected chi connectivity index (χ1v) is 6.65. The van der Waals surface area contributed by atoms with E-state index in [0.29, 0.717) is 16.9 Å². The fraction of sp³-hybridized carbons (Fsp3) is 0.143. The van der Waals surface area contributed by atoms with Gasteiger partial charge >= 0.3 is 0 Å². The predicted molar refractivity (Wildman–Crippen MR) is 77.5 cm³/mol. The lowest BCUT2D eigenvalue weighted by atomic mass is 10.2. The maximum Gasteiger partial charge on any atom is 0.269 e. The van der Waals surface area contributed by atoms with Crippen molar-refractivity contribution in [2.45, 2.75) is 13.2 Å². The number of hydrogen-bond acceptors (Lipinski definition) is 4. The highest BCUT2D eigenvalue weighted by atomic mass is 79.9. The summed E-state index contributed by atoms with van der Waals surface area (Å²) in [6, 6.07) is 11.6. The molecule has 2 rings (SSSR count). The highest BCUT2D eigenvalue weighted by Crippen LogP contribution is 2.24. The lowest BCUT2D eigenvalue weighted by Crippen LogP contribution is -1.99. The van der Waals surface area contributed by atoms with Crippen molar-refractivity contribution in [3.05, 3.63) is 68.2 Å². The van der Waals surface area contributed by atoms with Gasteiger partial charge in [0.1, 0.15) is 12.4 Å². The van der Waals surface area contributed by atoms with Crippen LogP contribution in [0.25, 0.3) is 0 Å². The van der Waals surface area contributed by atoms with E-state index in [0.717, 1.165) is 4.47 Å². The number of non-ortho nitro benzene ring substituents is 1. The Balaban J connectivity index is 2.12. The SMILES string of the molecule is O=[N+]([O-])c1cccc(COc2ccc(Br)cc2CO)c1. The molecule has 0 aliphatic carbocycles. The summed E-state index contributed by atoms with van der Waals surface area (Å²) in [5.41, 5.74) is 1.39. The number of nitro groups is 1. The highest BCUT2D eigenvalue weighted by Gasteiger charge is 2.08. The summed E-state index contributed by atoms with van der Waals surface area (Å²) < 4.78 is 6.45. The topological polar surface area (TPSA) is 72.6 Å². The summed E-state index contributed by atoms with van der Waals surface area (Å²) in [4.78, 5) is 10.2. The van der Waals surface area contributed by atoms with Gasteiger partial charge in [-0.15, -0.1) is 0 Å². The predicted octanol–water partition coefficient (Wildman–Crippen LogP) is 3.43. The summed E-state index contributed by atoms with van der Waals surface area (Å²) in [6.07, 6.45) is 0.